The van der Waals surface area contributed by atoms with Crippen LogP contribution in [0.25, 0.3) is 27.9 Å². The highest BCUT2D eigenvalue weighted by Gasteiger charge is 2.47. The Morgan fingerprint density at radius 3 is 2.85 bits per heavy atom. The minimum absolute atomic E-state index is 0.177. The second-order valence-electron chi connectivity index (χ2n) is 9.30. The number of carboxylic acid groups (broad SMARTS) is 1. The highest BCUT2D eigenvalue weighted by atomic mass is 19.1. The summed E-state index contributed by atoms with van der Waals surface area (Å²) in [5.41, 5.74) is 2.72. The Morgan fingerprint density at radius 2 is 2.09 bits per heavy atom. The first-order valence-electron chi connectivity index (χ1n) is 11.5. The lowest BCUT2D eigenvalue weighted by Crippen LogP contribution is -2.51. The molecule has 4 heterocycles. The number of nitrogens with zero attached hydrogens (tertiary/aromatic N) is 4. The fourth-order valence-electron chi connectivity index (χ4n) is 5.86. The molecular formula is C24H25FN6O3. The van der Waals surface area contributed by atoms with Gasteiger partial charge in [-0.15, -0.1) is 5.10 Å². The van der Waals surface area contributed by atoms with Crippen LogP contribution in [-0.4, -0.2) is 48.8 Å². The molecule has 10 heteroatoms. The van der Waals surface area contributed by atoms with Crippen molar-refractivity contribution in [2.24, 2.45) is 17.8 Å². The van der Waals surface area contributed by atoms with Crippen molar-refractivity contribution in [3.8, 4) is 11.4 Å². The molecule has 3 saturated carbocycles. The average Bonchev–Trinajstić information content (AvgIpc) is 3.44. The quantitative estimate of drug-likeness (QED) is 0.397. The van der Waals surface area contributed by atoms with E-state index in [-0.39, 0.29) is 17.9 Å². The summed E-state index contributed by atoms with van der Waals surface area (Å²) in [7, 11) is 1.62. The molecule has 0 spiro atoms. The number of nitrogens with one attached hydrogen (secondary N) is 2. The largest absolute Gasteiger partial charge is 0.481 e. The summed E-state index contributed by atoms with van der Waals surface area (Å²) in [5.74, 6) is -0.252. The number of rotatable bonds is 6. The maximum absolute atomic E-state index is 14.0. The lowest BCUT2D eigenvalue weighted by Gasteiger charge is -2.47. The van der Waals surface area contributed by atoms with E-state index in [4.69, 9.17) is 14.8 Å². The maximum atomic E-state index is 14.0. The second-order valence-corrected chi connectivity index (χ2v) is 9.30. The minimum Gasteiger partial charge on any atom is -0.481 e. The van der Waals surface area contributed by atoms with Gasteiger partial charge in [-0.2, -0.15) is 0 Å². The maximum Gasteiger partial charge on any atom is 0.308 e. The smallest absolute Gasteiger partial charge is 0.308 e. The van der Waals surface area contributed by atoms with Crippen molar-refractivity contribution in [2.45, 2.75) is 38.3 Å². The number of anilines is 1. The molecule has 0 aliphatic heterocycles. The number of pyridine rings is 1. The molecule has 3 aliphatic rings. The van der Waals surface area contributed by atoms with E-state index < -0.39 is 17.7 Å². The molecule has 3 fully saturated rings. The van der Waals surface area contributed by atoms with Crippen LogP contribution in [-0.2, 0) is 16.1 Å². The average molecular weight is 465 g/mol. The number of fused-ring (bicyclic) bond motifs is 5. The molecule has 34 heavy (non-hydrogen) atoms. The zero-order chi connectivity index (χ0) is 23.4. The second kappa shape index (κ2) is 8.05. The normalized spacial score (nSPS) is 24.2. The number of aromatic nitrogens is 5. The number of hydrogen-bond donors (Lipinski definition) is 3. The Labute approximate surface area is 194 Å². The molecule has 0 radical (unpaired) electrons. The molecule has 2 atom stereocenters. The molecule has 0 amide bonds. The molecule has 176 valence electrons. The van der Waals surface area contributed by atoms with Gasteiger partial charge in [-0.25, -0.2) is 18.9 Å². The molecule has 3 aliphatic carbocycles. The summed E-state index contributed by atoms with van der Waals surface area (Å²) in [5, 5.41) is 18.8. The van der Waals surface area contributed by atoms with Crippen molar-refractivity contribution in [1.29, 1.82) is 0 Å². The summed E-state index contributed by atoms with van der Waals surface area (Å²) < 4.78 is 21.1. The van der Waals surface area contributed by atoms with E-state index in [0.717, 1.165) is 43.1 Å². The number of aromatic amines is 1. The van der Waals surface area contributed by atoms with Crippen LogP contribution in [0.4, 0.5) is 10.2 Å². The summed E-state index contributed by atoms with van der Waals surface area (Å²) >= 11 is 0. The Morgan fingerprint density at radius 1 is 1.29 bits per heavy atom. The summed E-state index contributed by atoms with van der Waals surface area (Å²) in [4.78, 5) is 24.2. The van der Waals surface area contributed by atoms with Gasteiger partial charge in [-0.3, -0.25) is 4.79 Å². The molecule has 7 rings (SSSR count). The molecule has 0 saturated heterocycles. The van der Waals surface area contributed by atoms with Gasteiger partial charge in [0.1, 0.15) is 17.0 Å². The number of ether oxygens (including phenoxy) is 1. The lowest BCUT2D eigenvalue weighted by molar-refractivity contribution is -0.148. The molecular weight excluding hydrogens is 439 g/mol. The highest BCUT2D eigenvalue weighted by Crippen LogP contribution is 2.46. The fraction of sp³-hybridized carbons (Fsp3) is 0.417. The van der Waals surface area contributed by atoms with Crippen molar-refractivity contribution in [3.05, 3.63) is 42.1 Å². The van der Waals surface area contributed by atoms with Gasteiger partial charge in [0.15, 0.2) is 11.6 Å². The molecule has 9 nitrogen and oxygen atoms in total. The van der Waals surface area contributed by atoms with Gasteiger partial charge in [0.05, 0.1) is 24.4 Å². The van der Waals surface area contributed by atoms with Crippen molar-refractivity contribution < 1.29 is 19.0 Å². The zero-order valence-electron chi connectivity index (χ0n) is 18.7. The number of carboxylic acids is 1. The van der Waals surface area contributed by atoms with Gasteiger partial charge < -0.3 is 20.1 Å². The number of aliphatic carboxylic acids is 1. The minimum atomic E-state index is -0.758. The monoisotopic (exact) mass is 464 g/mol. The molecule has 4 aromatic heterocycles. The van der Waals surface area contributed by atoms with E-state index in [1.165, 1.54) is 6.07 Å². The molecule has 3 N–H and O–H groups in total. The van der Waals surface area contributed by atoms with Gasteiger partial charge in [0.2, 0.25) is 0 Å². The topological polar surface area (TPSA) is 117 Å². The molecule has 2 bridgehead atoms. The molecule has 4 aromatic rings. The van der Waals surface area contributed by atoms with E-state index in [1.54, 1.807) is 17.8 Å². The van der Waals surface area contributed by atoms with Crippen LogP contribution < -0.4 is 5.32 Å². The van der Waals surface area contributed by atoms with Crippen molar-refractivity contribution >= 4 is 28.3 Å². The zero-order valence-corrected chi connectivity index (χ0v) is 18.7. The highest BCUT2D eigenvalue weighted by molar-refractivity contribution is 5.92. The van der Waals surface area contributed by atoms with Crippen LogP contribution in [0.1, 0.15) is 31.4 Å². The Bertz CT molecular complexity index is 1390. The van der Waals surface area contributed by atoms with Crippen molar-refractivity contribution in [1.82, 2.24) is 24.6 Å². The Kier molecular flexibility index (Phi) is 4.98. The van der Waals surface area contributed by atoms with Crippen LogP contribution in [0.15, 0.2) is 30.6 Å². The summed E-state index contributed by atoms with van der Waals surface area (Å²) in [6.45, 7) is 0.347. The van der Waals surface area contributed by atoms with Crippen molar-refractivity contribution in [3.63, 3.8) is 0 Å². The first-order valence-corrected chi connectivity index (χ1v) is 11.5. The lowest BCUT2D eigenvalue weighted by atomic mass is 9.61. The van der Waals surface area contributed by atoms with Gasteiger partial charge >= 0.3 is 5.97 Å². The van der Waals surface area contributed by atoms with E-state index >= 15 is 0 Å². The van der Waals surface area contributed by atoms with Crippen LogP contribution >= 0.6 is 0 Å². The third-order valence-electron chi connectivity index (χ3n) is 7.43. The predicted molar refractivity (Wildman–Crippen MR) is 123 cm³/mol. The molecule has 0 aromatic carbocycles. The Hall–Kier alpha value is -3.53. The summed E-state index contributed by atoms with van der Waals surface area (Å²) in [6.07, 6.45) is 6.83. The van der Waals surface area contributed by atoms with E-state index in [0.29, 0.717) is 34.8 Å². The summed E-state index contributed by atoms with van der Waals surface area (Å²) in [6, 6.07) is 5.02. The number of H-pyrrole nitrogens is 1. The number of hydrogen-bond acceptors (Lipinski definition) is 6. The first kappa shape index (κ1) is 21.0. The van der Waals surface area contributed by atoms with Crippen LogP contribution in [0.2, 0.25) is 0 Å². The van der Waals surface area contributed by atoms with E-state index in [2.05, 4.69) is 15.3 Å². The van der Waals surface area contributed by atoms with E-state index in [9.17, 15) is 14.3 Å². The standard InChI is InChI=1S/C24H25FN6O3/c1-34-11-15-6-7-18-23(28-20-13-4-2-12(3-5-13)19(20)24(32)33)29-22(30-31(15)18)17-10-27-21-16(17)8-14(25)9-26-21/h6-10,12-13,19-20H,2-5,11H2,1H3,(H,26,27)(H,32,33)(H,28,29,30)/t12?,13?,19-,20?/m0/s1. The van der Waals surface area contributed by atoms with Gasteiger partial charge in [-0.05, 0) is 55.7 Å². The van der Waals surface area contributed by atoms with Crippen LogP contribution in [0, 0.1) is 23.6 Å². The SMILES string of the molecule is COCc1ccc2c(NC3C4CCC(CC4)[C@@H]3C(=O)O)nc(-c3c[nH]c4ncc(F)cc34)nn12. The first-order chi connectivity index (χ1) is 16.5. The Balaban J connectivity index is 1.49. The third-order valence-corrected chi connectivity index (χ3v) is 7.43. The number of methoxy groups -OCH3 is 1. The van der Waals surface area contributed by atoms with Gasteiger partial charge in [0.25, 0.3) is 0 Å². The van der Waals surface area contributed by atoms with E-state index in [1.807, 2.05) is 12.1 Å². The number of carbonyl (C=O) groups is 1. The van der Waals surface area contributed by atoms with Crippen LogP contribution in [0.5, 0.6) is 0 Å². The van der Waals surface area contributed by atoms with Gasteiger partial charge in [0, 0.05) is 30.3 Å². The van der Waals surface area contributed by atoms with Gasteiger partial charge in [-0.1, -0.05) is 0 Å². The fourth-order valence-corrected chi connectivity index (χ4v) is 5.86. The number of halogens is 1. The van der Waals surface area contributed by atoms with Crippen LogP contribution in [0.3, 0.4) is 0 Å². The predicted octanol–water partition coefficient (Wildman–Crippen LogP) is 3.86. The third kappa shape index (κ3) is 3.32. The van der Waals surface area contributed by atoms with Crippen molar-refractivity contribution in [2.75, 3.05) is 12.4 Å². The molecule has 1 unspecified atom stereocenters.